The van der Waals surface area contributed by atoms with E-state index in [9.17, 15) is 0 Å². The number of rotatable bonds is 3. The van der Waals surface area contributed by atoms with E-state index in [1.54, 1.807) is 7.11 Å². The summed E-state index contributed by atoms with van der Waals surface area (Å²) < 4.78 is 5.42. The molecule has 2 nitrogen and oxygen atoms in total. The number of ether oxygens (including phenoxy) is 1. The third kappa shape index (κ3) is 2.69. The third-order valence-electron chi connectivity index (χ3n) is 4.23. The quantitative estimate of drug-likeness (QED) is 0.879. The topological polar surface area (TPSA) is 35.2 Å². The molecule has 0 saturated heterocycles. The molecule has 1 fully saturated rings. The van der Waals surface area contributed by atoms with Crippen LogP contribution >= 0.6 is 0 Å². The van der Waals surface area contributed by atoms with E-state index in [0.717, 1.165) is 5.75 Å². The van der Waals surface area contributed by atoms with Gasteiger partial charge in [-0.05, 0) is 49.3 Å². The van der Waals surface area contributed by atoms with Gasteiger partial charge in [0.2, 0.25) is 0 Å². The number of aryl methyl sites for hydroxylation is 2. The average Bonchev–Trinajstić information content (AvgIpc) is 2.38. The fourth-order valence-electron chi connectivity index (χ4n) is 3.26. The van der Waals surface area contributed by atoms with Crippen molar-refractivity contribution < 1.29 is 4.74 Å². The van der Waals surface area contributed by atoms with Gasteiger partial charge in [-0.1, -0.05) is 31.4 Å². The van der Waals surface area contributed by atoms with Crippen LogP contribution in [0, 0.1) is 19.8 Å². The predicted molar refractivity (Wildman–Crippen MR) is 76.0 cm³/mol. The Kier molecular flexibility index (Phi) is 4.28. The molecular formula is C16H25NO. The Morgan fingerprint density at radius 3 is 2.17 bits per heavy atom. The summed E-state index contributed by atoms with van der Waals surface area (Å²) in [6, 6.07) is 4.59. The van der Waals surface area contributed by atoms with Crippen LogP contribution in [0.2, 0.25) is 0 Å². The SMILES string of the molecule is COc1c(C)cc([C@H](N)C2CCCCC2)cc1C. The van der Waals surface area contributed by atoms with Gasteiger partial charge in [0.25, 0.3) is 0 Å². The number of hydrogen-bond donors (Lipinski definition) is 1. The molecule has 0 unspecified atom stereocenters. The highest BCUT2D eigenvalue weighted by molar-refractivity contribution is 5.44. The molecule has 0 aromatic heterocycles. The molecule has 0 heterocycles. The van der Waals surface area contributed by atoms with Crippen LogP contribution in [0.1, 0.15) is 54.8 Å². The van der Waals surface area contributed by atoms with Gasteiger partial charge in [0.15, 0.2) is 0 Å². The van der Waals surface area contributed by atoms with Gasteiger partial charge < -0.3 is 10.5 Å². The lowest BCUT2D eigenvalue weighted by Gasteiger charge is -2.28. The smallest absolute Gasteiger partial charge is 0.124 e. The second kappa shape index (κ2) is 5.75. The Bertz CT molecular complexity index is 385. The molecule has 100 valence electrons. The molecule has 2 N–H and O–H groups in total. The molecule has 1 aromatic rings. The van der Waals surface area contributed by atoms with E-state index in [0.29, 0.717) is 5.92 Å². The summed E-state index contributed by atoms with van der Waals surface area (Å²) >= 11 is 0. The van der Waals surface area contributed by atoms with Crippen LogP contribution in [-0.2, 0) is 0 Å². The van der Waals surface area contributed by atoms with Crippen LogP contribution in [0.5, 0.6) is 5.75 Å². The lowest BCUT2D eigenvalue weighted by Crippen LogP contribution is -2.23. The van der Waals surface area contributed by atoms with E-state index >= 15 is 0 Å². The van der Waals surface area contributed by atoms with Crippen molar-refractivity contribution in [3.63, 3.8) is 0 Å². The van der Waals surface area contributed by atoms with Crippen molar-refractivity contribution in [2.24, 2.45) is 11.7 Å². The van der Waals surface area contributed by atoms with Crippen molar-refractivity contribution in [1.82, 2.24) is 0 Å². The zero-order chi connectivity index (χ0) is 13.1. The largest absolute Gasteiger partial charge is 0.496 e. The van der Waals surface area contributed by atoms with E-state index in [1.807, 2.05) is 0 Å². The standard InChI is InChI=1S/C16H25NO/c1-11-9-14(10-12(2)16(11)18-3)15(17)13-7-5-4-6-8-13/h9-10,13,15H,4-8,17H2,1-3H3/t15-/m1/s1. The molecule has 1 aromatic carbocycles. The zero-order valence-electron chi connectivity index (χ0n) is 11.8. The minimum atomic E-state index is 0.189. The van der Waals surface area contributed by atoms with E-state index in [1.165, 1.54) is 48.8 Å². The molecule has 0 bridgehead atoms. The third-order valence-corrected chi connectivity index (χ3v) is 4.23. The van der Waals surface area contributed by atoms with Gasteiger partial charge in [0.05, 0.1) is 7.11 Å². The summed E-state index contributed by atoms with van der Waals surface area (Å²) in [7, 11) is 1.73. The van der Waals surface area contributed by atoms with Crippen LogP contribution in [0.3, 0.4) is 0 Å². The predicted octanol–water partition coefficient (Wildman–Crippen LogP) is 3.89. The number of hydrogen-bond acceptors (Lipinski definition) is 2. The first-order chi connectivity index (χ1) is 8.63. The lowest BCUT2D eigenvalue weighted by molar-refractivity contribution is 0.308. The fraction of sp³-hybridized carbons (Fsp3) is 0.625. The van der Waals surface area contributed by atoms with Crippen LogP contribution in [0.4, 0.5) is 0 Å². The monoisotopic (exact) mass is 247 g/mol. The zero-order valence-corrected chi connectivity index (χ0v) is 11.8. The van der Waals surface area contributed by atoms with Gasteiger partial charge in [-0.3, -0.25) is 0 Å². The second-order valence-electron chi connectivity index (χ2n) is 5.61. The second-order valence-corrected chi connectivity index (χ2v) is 5.61. The average molecular weight is 247 g/mol. The summed E-state index contributed by atoms with van der Waals surface area (Å²) in [6.45, 7) is 4.20. The molecule has 2 heteroatoms. The Morgan fingerprint density at radius 1 is 1.11 bits per heavy atom. The molecule has 1 aliphatic rings. The van der Waals surface area contributed by atoms with Crippen molar-refractivity contribution in [3.05, 3.63) is 28.8 Å². The Hall–Kier alpha value is -1.02. The van der Waals surface area contributed by atoms with Crippen LogP contribution in [0.15, 0.2) is 12.1 Å². The normalized spacial score (nSPS) is 18.7. The van der Waals surface area contributed by atoms with E-state index in [2.05, 4.69) is 26.0 Å². The van der Waals surface area contributed by atoms with Gasteiger partial charge in [-0.2, -0.15) is 0 Å². The maximum atomic E-state index is 6.46. The molecule has 18 heavy (non-hydrogen) atoms. The number of methoxy groups -OCH3 is 1. The first kappa shape index (κ1) is 13.4. The molecule has 0 aliphatic heterocycles. The Labute approximate surface area is 111 Å². The molecule has 0 spiro atoms. The fourth-order valence-corrected chi connectivity index (χ4v) is 3.26. The van der Waals surface area contributed by atoms with Gasteiger partial charge >= 0.3 is 0 Å². The molecule has 0 amide bonds. The van der Waals surface area contributed by atoms with Crippen LogP contribution < -0.4 is 10.5 Å². The summed E-state index contributed by atoms with van der Waals surface area (Å²) in [5, 5.41) is 0. The maximum absolute atomic E-state index is 6.46. The Balaban J connectivity index is 2.22. The highest BCUT2D eigenvalue weighted by Crippen LogP contribution is 2.35. The first-order valence-corrected chi connectivity index (χ1v) is 7.04. The van der Waals surface area contributed by atoms with Crippen LogP contribution in [-0.4, -0.2) is 7.11 Å². The summed E-state index contributed by atoms with van der Waals surface area (Å²) in [5.41, 5.74) is 10.1. The van der Waals surface area contributed by atoms with E-state index in [-0.39, 0.29) is 6.04 Å². The van der Waals surface area contributed by atoms with E-state index in [4.69, 9.17) is 10.5 Å². The molecule has 1 atom stereocenters. The summed E-state index contributed by atoms with van der Waals surface area (Å²) in [4.78, 5) is 0. The van der Waals surface area contributed by atoms with Gasteiger partial charge in [0.1, 0.15) is 5.75 Å². The molecule has 1 aliphatic carbocycles. The van der Waals surface area contributed by atoms with Crippen LogP contribution in [0.25, 0.3) is 0 Å². The molecule has 0 radical (unpaired) electrons. The van der Waals surface area contributed by atoms with Crippen molar-refractivity contribution in [3.8, 4) is 5.75 Å². The summed E-state index contributed by atoms with van der Waals surface area (Å²) in [6.07, 6.45) is 6.62. The number of benzene rings is 1. The van der Waals surface area contributed by atoms with Gasteiger partial charge in [0, 0.05) is 6.04 Å². The minimum absolute atomic E-state index is 0.189. The highest BCUT2D eigenvalue weighted by atomic mass is 16.5. The van der Waals surface area contributed by atoms with Crippen molar-refractivity contribution in [2.45, 2.75) is 52.0 Å². The first-order valence-electron chi connectivity index (χ1n) is 7.04. The molecule has 2 rings (SSSR count). The van der Waals surface area contributed by atoms with Crippen molar-refractivity contribution >= 4 is 0 Å². The van der Waals surface area contributed by atoms with E-state index < -0.39 is 0 Å². The lowest BCUT2D eigenvalue weighted by atomic mass is 9.81. The highest BCUT2D eigenvalue weighted by Gasteiger charge is 2.22. The number of nitrogens with two attached hydrogens (primary N) is 1. The minimum Gasteiger partial charge on any atom is -0.496 e. The maximum Gasteiger partial charge on any atom is 0.124 e. The summed E-state index contributed by atoms with van der Waals surface area (Å²) in [5.74, 6) is 1.65. The van der Waals surface area contributed by atoms with Crippen molar-refractivity contribution in [1.29, 1.82) is 0 Å². The Morgan fingerprint density at radius 2 is 1.67 bits per heavy atom. The van der Waals surface area contributed by atoms with Gasteiger partial charge in [-0.15, -0.1) is 0 Å². The molecule has 1 saturated carbocycles. The molecular weight excluding hydrogens is 222 g/mol. The van der Waals surface area contributed by atoms with Crippen molar-refractivity contribution in [2.75, 3.05) is 7.11 Å². The van der Waals surface area contributed by atoms with Gasteiger partial charge in [-0.25, -0.2) is 0 Å².